The Kier molecular flexibility index (Phi) is 5.03. The number of amides is 1. The van der Waals surface area contributed by atoms with Gasteiger partial charge in [0.15, 0.2) is 0 Å². The number of hydrogen-bond acceptors (Lipinski definition) is 5. The summed E-state index contributed by atoms with van der Waals surface area (Å²) in [4.78, 5) is 15.5. The lowest BCUT2D eigenvalue weighted by atomic mass is 10.2. The number of aromatic nitrogens is 1. The number of rotatable bonds is 4. The van der Waals surface area contributed by atoms with E-state index in [4.69, 9.17) is 16.3 Å². The summed E-state index contributed by atoms with van der Waals surface area (Å²) >= 11 is 7.38. The summed E-state index contributed by atoms with van der Waals surface area (Å²) in [5.74, 6) is 0.701. The van der Waals surface area contributed by atoms with E-state index < -0.39 is 6.09 Å². The van der Waals surface area contributed by atoms with E-state index in [-0.39, 0.29) is 0 Å². The molecule has 0 spiro atoms. The maximum Gasteiger partial charge on any atom is 0.411 e. The van der Waals surface area contributed by atoms with Gasteiger partial charge in [-0.1, -0.05) is 11.6 Å². The average molecular weight is 327 g/mol. The molecule has 1 amide bonds. The van der Waals surface area contributed by atoms with Crippen molar-refractivity contribution in [2.45, 2.75) is 20.5 Å². The van der Waals surface area contributed by atoms with Crippen molar-refractivity contribution in [3.63, 3.8) is 0 Å². The Balaban J connectivity index is 2.01. The first-order chi connectivity index (χ1) is 9.99. The minimum atomic E-state index is -0.500. The van der Waals surface area contributed by atoms with Crippen molar-refractivity contribution < 1.29 is 14.3 Å². The molecular weight excluding hydrogens is 312 g/mol. The zero-order chi connectivity index (χ0) is 15.4. The summed E-state index contributed by atoms with van der Waals surface area (Å²) in [5, 5.41) is 3.45. The molecule has 0 aliphatic heterocycles. The Hall–Kier alpha value is -1.79. The predicted octanol–water partition coefficient (Wildman–Crippen LogP) is 4.17. The van der Waals surface area contributed by atoms with Crippen LogP contribution < -0.4 is 10.1 Å². The van der Waals surface area contributed by atoms with E-state index in [1.165, 1.54) is 18.4 Å². The smallest absolute Gasteiger partial charge is 0.411 e. The van der Waals surface area contributed by atoms with Crippen molar-refractivity contribution in [1.29, 1.82) is 0 Å². The Bertz CT molecular complexity index is 638. The molecule has 0 atom stereocenters. The van der Waals surface area contributed by atoms with Gasteiger partial charge >= 0.3 is 6.09 Å². The minimum Gasteiger partial charge on any atom is -0.486 e. The third-order valence-electron chi connectivity index (χ3n) is 2.77. The van der Waals surface area contributed by atoms with Crippen molar-refractivity contribution in [2.24, 2.45) is 0 Å². The molecule has 0 radical (unpaired) electrons. The molecule has 1 heterocycles. The van der Waals surface area contributed by atoms with E-state index in [1.54, 1.807) is 12.1 Å². The lowest BCUT2D eigenvalue weighted by Crippen LogP contribution is -2.11. The van der Waals surface area contributed by atoms with Crippen molar-refractivity contribution in [3.8, 4) is 5.75 Å². The number of aryl methyl sites for hydroxylation is 2. The molecule has 0 saturated heterocycles. The van der Waals surface area contributed by atoms with E-state index in [0.717, 1.165) is 16.3 Å². The van der Waals surface area contributed by atoms with Crippen LogP contribution >= 0.6 is 22.9 Å². The topological polar surface area (TPSA) is 60.5 Å². The van der Waals surface area contributed by atoms with Crippen LogP contribution in [0.25, 0.3) is 0 Å². The first kappa shape index (κ1) is 15.6. The maximum absolute atomic E-state index is 11.2. The number of nitrogens with one attached hydrogen (secondary N) is 1. The predicted molar refractivity (Wildman–Crippen MR) is 83.4 cm³/mol. The first-order valence-electron chi connectivity index (χ1n) is 6.20. The molecule has 0 aliphatic carbocycles. The number of nitrogens with zero attached hydrogens (tertiary/aromatic N) is 1. The molecule has 112 valence electrons. The number of methoxy groups -OCH3 is 1. The van der Waals surface area contributed by atoms with E-state index in [1.807, 2.05) is 19.9 Å². The van der Waals surface area contributed by atoms with Gasteiger partial charge in [0.05, 0.1) is 12.8 Å². The SMILES string of the molecule is COC(=O)Nc1ccc(OCc2nc(C)c(Cl)s2)cc1C. The van der Waals surface area contributed by atoms with Crippen molar-refractivity contribution >= 4 is 34.7 Å². The van der Waals surface area contributed by atoms with Gasteiger partial charge in [0.2, 0.25) is 0 Å². The van der Waals surface area contributed by atoms with Gasteiger partial charge in [0.1, 0.15) is 21.7 Å². The molecular formula is C14H15ClN2O3S. The lowest BCUT2D eigenvalue weighted by molar-refractivity contribution is 0.187. The van der Waals surface area contributed by atoms with Crippen LogP contribution in [0.5, 0.6) is 5.75 Å². The molecule has 5 nitrogen and oxygen atoms in total. The van der Waals surface area contributed by atoms with Crippen molar-refractivity contribution in [2.75, 3.05) is 12.4 Å². The van der Waals surface area contributed by atoms with E-state index >= 15 is 0 Å². The maximum atomic E-state index is 11.2. The fourth-order valence-corrected chi connectivity index (χ4v) is 2.68. The summed E-state index contributed by atoms with van der Waals surface area (Å²) in [5.41, 5.74) is 2.38. The van der Waals surface area contributed by atoms with Gasteiger partial charge in [-0.25, -0.2) is 9.78 Å². The highest BCUT2D eigenvalue weighted by molar-refractivity contribution is 7.16. The lowest BCUT2D eigenvalue weighted by Gasteiger charge is -2.10. The number of ether oxygens (including phenoxy) is 2. The normalized spacial score (nSPS) is 10.3. The molecule has 0 unspecified atom stereocenters. The molecule has 1 N–H and O–H groups in total. The number of thiazole rings is 1. The van der Waals surface area contributed by atoms with Gasteiger partial charge in [-0.15, -0.1) is 11.3 Å². The van der Waals surface area contributed by atoms with Crippen LogP contribution in [-0.4, -0.2) is 18.2 Å². The van der Waals surface area contributed by atoms with Crippen LogP contribution in [0.15, 0.2) is 18.2 Å². The highest BCUT2D eigenvalue weighted by atomic mass is 35.5. The van der Waals surface area contributed by atoms with Crippen LogP contribution in [0.4, 0.5) is 10.5 Å². The molecule has 0 fully saturated rings. The molecule has 0 aliphatic rings. The fraction of sp³-hybridized carbons (Fsp3) is 0.286. The van der Waals surface area contributed by atoms with Crippen molar-refractivity contribution in [3.05, 3.63) is 38.8 Å². The first-order valence-corrected chi connectivity index (χ1v) is 7.39. The highest BCUT2D eigenvalue weighted by Gasteiger charge is 2.08. The molecule has 0 bridgehead atoms. The zero-order valence-corrected chi connectivity index (χ0v) is 13.5. The standard InChI is InChI=1S/C14H15ClN2O3S/c1-8-6-10(4-5-11(8)17-14(18)19-3)20-7-12-16-9(2)13(15)21-12/h4-6H,7H2,1-3H3,(H,17,18). The van der Waals surface area contributed by atoms with Gasteiger partial charge in [0, 0.05) is 5.69 Å². The largest absolute Gasteiger partial charge is 0.486 e. The molecule has 0 saturated carbocycles. The second-order valence-electron chi connectivity index (χ2n) is 4.35. The molecule has 7 heteroatoms. The molecule has 1 aromatic heterocycles. The van der Waals surface area contributed by atoms with Crippen LogP contribution in [0.3, 0.4) is 0 Å². The summed E-state index contributed by atoms with van der Waals surface area (Å²) in [6.45, 7) is 4.10. The fourth-order valence-electron chi connectivity index (χ4n) is 1.67. The number of carbonyl (C=O) groups excluding carboxylic acids is 1. The van der Waals surface area contributed by atoms with Crippen LogP contribution in [0.1, 0.15) is 16.3 Å². The zero-order valence-electron chi connectivity index (χ0n) is 11.9. The van der Waals surface area contributed by atoms with Gasteiger partial charge in [-0.05, 0) is 37.6 Å². The summed E-state index contributed by atoms with van der Waals surface area (Å²) < 4.78 is 10.9. The van der Waals surface area contributed by atoms with Gasteiger partial charge in [-0.2, -0.15) is 0 Å². The molecule has 2 rings (SSSR count). The van der Waals surface area contributed by atoms with Crippen LogP contribution in [0, 0.1) is 13.8 Å². The molecule has 21 heavy (non-hydrogen) atoms. The van der Waals surface area contributed by atoms with E-state index in [2.05, 4.69) is 15.0 Å². The van der Waals surface area contributed by atoms with E-state index in [9.17, 15) is 4.79 Å². The number of carbonyl (C=O) groups is 1. The Morgan fingerprint density at radius 2 is 2.19 bits per heavy atom. The second-order valence-corrected chi connectivity index (χ2v) is 6.03. The quantitative estimate of drug-likeness (QED) is 0.916. The number of anilines is 1. The summed E-state index contributed by atoms with van der Waals surface area (Å²) in [6, 6.07) is 5.38. The number of benzene rings is 1. The second kappa shape index (κ2) is 6.78. The Morgan fingerprint density at radius 3 is 2.76 bits per heavy atom. The van der Waals surface area contributed by atoms with Gasteiger partial charge in [-0.3, -0.25) is 5.32 Å². The average Bonchev–Trinajstić information content (AvgIpc) is 2.78. The van der Waals surface area contributed by atoms with Crippen LogP contribution in [-0.2, 0) is 11.3 Å². The van der Waals surface area contributed by atoms with E-state index in [0.29, 0.717) is 22.4 Å². The Morgan fingerprint density at radius 1 is 1.43 bits per heavy atom. The third kappa shape index (κ3) is 4.09. The summed E-state index contributed by atoms with van der Waals surface area (Å²) in [6.07, 6.45) is -0.500. The van der Waals surface area contributed by atoms with Crippen LogP contribution in [0.2, 0.25) is 4.34 Å². The highest BCUT2D eigenvalue weighted by Crippen LogP contribution is 2.26. The molecule has 2 aromatic rings. The number of halogens is 1. The monoisotopic (exact) mass is 326 g/mol. The van der Waals surface area contributed by atoms with Gasteiger partial charge in [0.25, 0.3) is 0 Å². The minimum absolute atomic E-state index is 0.363. The Labute approximate surface area is 131 Å². The molecule has 1 aromatic carbocycles. The van der Waals surface area contributed by atoms with Crippen molar-refractivity contribution in [1.82, 2.24) is 4.98 Å². The third-order valence-corrected chi connectivity index (χ3v) is 4.19. The number of hydrogen-bond donors (Lipinski definition) is 1. The summed E-state index contributed by atoms with van der Waals surface area (Å²) in [7, 11) is 1.32. The van der Waals surface area contributed by atoms with Gasteiger partial charge < -0.3 is 9.47 Å².